The molecule has 5 rings (SSSR count). The van der Waals surface area contributed by atoms with Crippen LogP contribution >= 0.6 is 11.6 Å². The number of halogens is 1. The summed E-state index contributed by atoms with van der Waals surface area (Å²) < 4.78 is 1.78. The van der Waals surface area contributed by atoms with E-state index in [1.165, 1.54) is 321 Å². The first kappa shape index (κ1) is 67.4. The van der Waals surface area contributed by atoms with Gasteiger partial charge in [0.15, 0.2) is 5.82 Å². The molecule has 2 fully saturated rings. The second-order valence-corrected chi connectivity index (χ2v) is 26.0. The molecule has 2 aliphatic rings. The van der Waals surface area contributed by atoms with Crippen LogP contribution in [0.2, 0.25) is 5.02 Å². The van der Waals surface area contributed by atoms with Gasteiger partial charge >= 0.3 is 0 Å². The highest BCUT2D eigenvalue weighted by Crippen LogP contribution is 2.43. The van der Waals surface area contributed by atoms with E-state index in [4.69, 9.17) is 21.6 Å². The zero-order valence-corrected chi connectivity index (χ0v) is 52.5. The summed E-state index contributed by atoms with van der Waals surface area (Å²) in [6.07, 6.45) is 80.0. The molecule has 1 unspecified atom stereocenters. The maximum atomic E-state index is 9.42. The maximum absolute atomic E-state index is 9.42. The number of hydrogen-bond acceptors (Lipinski definition) is 8. The number of rotatable bonds is 5. The Morgan fingerprint density at radius 1 is 0.475 bits per heavy atom. The van der Waals surface area contributed by atoms with Crippen molar-refractivity contribution in [1.82, 2.24) is 24.7 Å². The van der Waals surface area contributed by atoms with Crippen LogP contribution in [0.1, 0.15) is 339 Å². The first-order valence-corrected chi connectivity index (χ1v) is 35.1. The van der Waals surface area contributed by atoms with Crippen molar-refractivity contribution in [2.45, 2.75) is 340 Å². The van der Waals surface area contributed by atoms with Gasteiger partial charge in [-0.1, -0.05) is 307 Å². The molecular weight excluding hydrogens is 1000 g/mol. The fourth-order valence-electron chi connectivity index (χ4n) is 13.2. The number of anilines is 4. The van der Waals surface area contributed by atoms with Crippen molar-refractivity contribution in [3.8, 4) is 6.07 Å². The van der Waals surface area contributed by atoms with Gasteiger partial charge in [-0.05, 0) is 56.1 Å². The Morgan fingerprint density at radius 2 is 0.875 bits per heavy atom. The molecule has 2 N–H and O–H groups in total. The van der Waals surface area contributed by atoms with Crippen LogP contribution in [-0.2, 0) is 7.05 Å². The van der Waals surface area contributed by atoms with Gasteiger partial charge < -0.3 is 15.5 Å². The van der Waals surface area contributed by atoms with E-state index in [1.807, 2.05) is 25.4 Å². The van der Waals surface area contributed by atoms with Crippen LogP contribution in [0.3, 0.4) is 0 Å². The van der Waals surface area contributed by atoms with Crippen molar-refractivity contribution in [3.05, 3.63) is 47.5 Å². The monoisotopic (exact) mass is 1120 g/mol. The number of nitriles is 1. The Kier molecular flexibility index (Phi) is 38.0. The molecule has 1 saturated heterocycles. The number of aromatic nitrogens is 5. The number of nitrogens with one attached hydrogen (secondary N) is 2. The van der Waals surface area contributed by atoms with Crippen molar-refractivity contribution in [2.75, 3.05) is 28.6 Å². The molecule has 3 aromatic rings. The number of hydrogen-bond donors (Lipinski definition) is 2. The fourth-order valence-corrected chi connectivity index (χ4v) is 13.4. The van der Waals surface area contributed by atoms with Crippen molar-refractivity contribution in [3.63, 3.8) is 0 Å². The van der Waals surface area contributed by atoms with E-state index in [9.17, 15) is 5.26 Å². The molecule has 0 amide bonds. The average molecular weight is 1120 g/mol. The van der Waals surface area contributed by atoms with Gasteiger partial charge in [0, 0.05) is 38.6 Å². The van der Waals surface area contributed by atoms with E-state index in [1.54, 1.807) is 23.3 Å². The Labute approximate surface area is 497 Å². The molecule has 1 spiro atoms. The van der Waals surface area contributed by atoms with Crippen molar-refractivity contribution < 1.29 is 0 Å². The number of pyridine rings is 1. The molecule has 0 radical (unpaired) electrons. The predicted octanol–water partition coefficient (Wildman–Crippen LogP) is 22.5. The van der Waals surface area contributed by atoms with E-state index >= 15 is 0 Å². The largest absolute Gasteiger partial charge is 0.366 e. The summed E-state index contributed by atoms with van der Waals surface area (Å²) in [4.78, 5) is 16.6. The summed E-state index contributed by atoms with van der Waals surface area (Å²) in [5, 5.41) is 21.5. The normalized spacial score (nSPS) is 22.1. The van der Waals surface area contributed by atoms with Crippen LogP contribution in [0.15, 0.2) is 36.9 Å². The van der Waals surface area contributed by atoms with Crippen molar-refractivity contribution >= 4 is 34.9 Å². The van der Waals surface area contributed by atoms with E-state index in [-0.39, 0.29) is 6.04 Å². The molecule has 1 aliphatic carbocycles. The van der Waals surface area contributed by atoms with Crippen LogP contribution in [-0.4, -0.2) is 43.9 Å². The van der Waals surface area contributed by atoms with Crippen LogP contribution in [0.25, 0.3) is 0 Å². The Morgan fingerprint density at radius 3 is 1.24 bits per heavy atom. The molecule has 0 aromatic carbocycles. The Bertz CT molecular complexity index is 1950. The van der Waals surface area contributed by atoms with Gasteiger partial charge in [0.25, 0.3) is 0 Å². The Hall–Kier alpha value is -3.38. The summed E-state index contributed by atoms with van der Waals surface area (Å²) in [6, 6.07) is 6.48. The minimum atomic E-state index is 0.278. The van der Waals surface area contributed by atoms with Gasteiger partial charge in [-0.25, -0.2) is 9.97 Å². The third kappa shape index (κ3) is 31.9. The molecule has 4 heterocycles. The summed E-state index contributed by atoms with van der Waals surface area (Å²) in [6.45, 7) is 2.02. The Balaban J connectivity index is 1.07. The lowest BCUT2D eigenvalue weighted by Crippen LogP contribution is -2.41. The molecule has 0 bridgehead atoms. The van der Waals surface area contributed by atoms with E-state index in [0.29, 0.717) is 27.8 Å². The zero-order chi connectivity index (χ0) is 56.1. The van der Waals surface area contributed by atoms with Crippen LogP contribution in [0, 0.1) is 16.7 Å². The molecular formula is C70H120ClN9. The molecule has 3 aromatic heterocycles. The highest BCUT2D eigenvalue weighted by molar-refractivity contribution is 6.32. The summed E-state index contributed by atoms with van der Waals surface area (Å²) in [5.74, 6) is 2.25. The van der Waals surface area contributed by atoms with Gasteiger partial charge in [0.1, 0.15) is 16.9 Å². The van der Waals surface area contributed by atoms with E-state index in [2.05, 4.69) is 31.7 Å². The molecule has 10 heteroatoms. The minimum Gasteiger partial charge on any atom is -0.366 e. The van der Waals surface area contributed by atoms with Crippen molar-refractivity contribution in [1.29, 1.82) is 5.26 Å². The van der Waals surface area contributed by atoms with E-state index < -0.39 is 0 Å². The molecule has 452 valence electrons. The lowest BCUT2D eigenvalue weighted by Gasteiger charge is -2.43. The first-order valence-electron chi connectivity index (χ1n) is 34.7. The average Bonchev–Trinajstić information content (AvgIpc) is 3.89. The fraction of sp³-hybridized carbons (Fsp3) is 0.814. The third-order valence-corrected chi connectivity index (χ3v) is 18.9. The zero-order valence-electron chi connectivity index (χ0n) is 51.7. The predicted molar refractivity (Wildman–Crippen MR) is 345 cm³/mol. The second-order valence-electron chi connectivity index (χ2n) is 25.6. The summed E-state index contributed by atoms with van der Waals surface area (Å²) in [7, 11) is 1.91. The smallest absolute Gasteiger partial charge is 0.229 e. The van der Waals surface area contributed by atoms with Crippen LogP contribution in [0.5, 0.6) is 0 Å². The maximum Gasteiger partial charge on any atom is 0.229 e. The lowest BCUT2D eigenvalue weighted by atomic mass is 9.70. The van der Waals surface area contributed by atoms with Gasteiger partial charge in [-0.3, -0.25) is 4.68 Å². The molecule has 1 atom stereocenters. The van der Waals surface area contributed by atoms with Gasteiger partial charge in [0.05, 0.1) is 23.6 Å². The summed E-state index contributed by atoms with van der Waals surface area (Å²) in [5.41, 5.74) is 1.78. The van der Waals surface area contributed by atoms with Gasteiger partial charge in [0.2, 0.25) is 5.95 Å². The summed E-state index contributed by atoms with van der Waals surface area (Å²) >= 11 is 6.88. The third-order valence-electron chi connectivity index (χ3n) is 18.6. The lowest BCUT2D eigenvalue weighted by molar-refractivity contribution is 0.166. The first-order chi connectivity index (χ1) is 39.5. The van der Waals surface area contributed by atoms with Gasteiger partial charge in [-0.15, -0.1) is 0 Å². The topological polar surface area (TPSA) is 108 Å². The quantitative estimate of drug-likeness (QED) is 0.260. The SMILES string of the molecule is Cn1cc(Nc2ncc(Cl)c(NC3CCCCCCCCCCCCCCCCCCCCCCCCCCCCCCCCCCCCCCCCCCCCCCCCC4(CC3)CCN(c3ccc(C#N)cn3)CC4)n2)cn1. The molecule has 1 aliphatic heterocycles. The number of piperidine rings is 1. The van der Waals surface area contributed by atoms with Gasteiger partial charge in [-0.2, -0.15) is 15.3 Å². The van der Waals surface area contributed by atoms with Crippen molar-refractivity contribution in [2.24, 2.45) is 12.5 Å². The molecule has 9 nitrogen and oxygen atoms in total. The highest BCUT2D eigenvalue weighted by atomic mass is 35.5. The highest BCUT2D eigenvalue weighted by Gasteiger charge is 2.35. The van der Waals surface area contributed by atoms with Crippen LogP contribution in [0.4, 0.5) is 23.3 Å². The second kappa shape index (κ2) is 45.1. The van der Waals surface area contributed by atoms with Crippen LogP contribution < -0.4 is 15.5 Å². The number of aryl methyl sites for hydroxylation is 1. The number of nitrogens with zero attached hydrogens (tertiary/aromatic N) is 7. The molecule has 80 heavy (non-hydrogen) atoms. The minimum absolute atomic E-state index is 0.278. The standard InChI is InChI=1S/C70H120ClN9/c1-79-62-65(60-75-79)77-69-74-61-66(71)68(78-69)76-64-48-46-44-42-40-38-36-34-32-30-28-26-24-22-20-18-16-14-12-10-8-6-4-2-3-5-7-9-11-13-15-17-19-21-23-25-27-29-31-33-35-37-39-41-43-45-47-52-70(53-51-64)54-56-80(57-55-70)67-50-49-63(58-72)59-73-67/h49-50,59-62,64H,2-48,51-57H2,1H3,(H2,74,76,77,78). The van der Waals surface area contributed by atoms with E-state index in [0.717, 1.165) is 37.4 Å². The molecule has 1 saturated carbocycles.